The first-order chi connectivity index (χ1) is 7.06. The fraction of sp³-hybridized carbons (Fsp3) is 0.700. The van der Waals surface area contributed by atoms with Crippen molar-refractivity contribution in [3.05, 3.63) is 0 Å². The van der Waals surface area contributed by atoms with Gasteiger partial charge in [-0.1, -0.05) is 0 Å². The molecule has 0 rings (SSSR count). The normalized spacial score (nSPS) is 9.47. The van der Waals surface area contributed by atoms with Crippen LogP contribution in [-0.4, -0.2) is 30.7 Å². The van der Waals surface area contributed by atoms with Crippen LogP contribution in [0.1, 0.15) is 33.1 Å². The van der Waals surface area contributed by atoms with E-state index >= 15 is 0 Å². The van der Waals surface area contributed by atoms with E-state index in [0.29, 0.717) is 13.1 Å². The first-order valence-corrected chi connectivity index (χ1v) is 5.09. The van der Waals surface area contributed by atoms with Crippen molar-refractivity contribution >= 4 is 17.6 Å². The van der Waals surface area contributed by atoms with Gasteiger partial charge in [-0.25, -0.2) is 0 Å². The lowest BCUT2D eigenvalue weighted by Gasteiger charge is -2.04. The lowest BCUT2D eigenvalue weighted by Crippen LogP contribution is -2.30. The molecule has 0 aliphatic rings. The molecule has 0 fully saturated rings. The molecule has 5 heteroatoms. The van der Waals surface area contributed by atoms with E-state index in [0.717, 1.165) is 0 Å². The van der Waals surface area contributed by atoms with Crippen LogP contribution in [0.4, 0.5) is 0 Å². The lowest BCUT2D eigenvalue weighted by molar-refractivity contribution is -0.125. The van der Waals surface area contributed by atoms with E-state index in [1.54, 1.807) is 0 Å². The van der Waals surface area contributed by atoms with Gasteiger partial charge in [-0.2, -0.15) is 0 Å². The summed E-state index contributed by atoms with van der Waals surface area (Å²) >= 11 is 0. The summed E-state index contributed by atoms with van der Waals surface area (Å²) in [7, 11) is 0. The fourth-order valence-corrected chi connectivity index (χ4v) is 0.979. The molecule has 0 aromatic carbocycles. The predicted molar refractivity (Wildman–Crippen MR) is 56.2 cm³/mol. The van der Waals surface area contributed by atoms with E-state index in [-0.39, 0.29) is 36.9 Å². The first-order valence-electron chi connectivity index (χ1n) is 5.09. The Morgan fingerprint density at radius 3 is 2.07 bits per heavy atom. The van der Waals surface area contributed by atoms with Gasteiger partial charge in [0, 0.05) is 32.4 Å². The molecular weight excluding hydrogens is 196 g/mol. The summed E-state index contributed by atoms with van der Waals surface area (Å²) in [6.07, 6.45) is 0.734. The van der Waals surface area contributed by atoms with Gasteiger partial charge in [0.05, 0.1) is 0 Å². The number of amides is 2. The van der Waals surface area contributed by atoms with Crippen molar-refractivity contribution in [1.82, 2.24) is 10.6 Å². The van der Waals surface area contributed by atoms with Gasteiger partial charge in [-0.3, -0.25) is 9.59 Å². The molecule has 0 spiro atoms. The number of hydrogen-bond donors (Lipinski definition) is 2. The minimum absolute atomic E-state index is 0.00567. The monoisotopic (exact) mass is 214 g/mol. The highest BCUT2D eigenvalue weighted by Gasteiger charge is 2.04. The SMILES string of the molecule is CCNC(=O)CCNC(=O)CCC(C)=O. The molecule has 0 aliphatic heterocycles. The summed E-state index contributed by atoms with van der Waals surface area (Å²) in [5.74, 6) is -0.271. The maximum atomic E-state index is 11.1. The molecule has 0 bridgehead atoms. The highest BCUT2D eigenvalue weighted by atomic mass is 16.2. The Morgan fingerprint density at radius 2 is 1.53 bits per heavy atom. The third kappa shape index (κ3) is 8.93. The molecule has 0 aromatic rings. The number of carbonyl (C=O) groups is 3. The number of hydrogen-bond acceptors (Lipinski definition) is 3. The van der Waals surface area contributed by atoms with Gasteiger partial charge < -0.3 is 15.4 Å². The second kappa shape index (κ2) is 7.96. The van der Waals surface area contributed by atoms with E-state index in [4.69, 9.17) is 0 Å². The molecule has 0 radical (unpaired) electrons. The number of nitrogens with one attached hydrogen (secondary N) is 2. The van der Waals surface area contributed by atoms with E-state index in [1.165, 1.54) is 6.92 Å². The predicted octanol–water partition coefficient (Wildman–Crippen LogP) is -0.00200. The second-order valence-corrected chi connectivity index (χ2v) is 3.26. The van der Waals surface area contributed by atoms with Crippen LogP contribution in [0.25, 0.3) is 0 Å². The third-order valence-corrected chi connectivity index (χ3v) is 1.75. The molecule has 5 nitrogen and oxygen atoms in total. The van der Waals surface area contributed by atoms with Crippen molar-refractivity contribution in [2.24, 2.45) is 0 Å². The Balaban J connectivity index is 3.46. The van der Waals surface area contributed by atoms with Crippen molar-refractivity contribution in [1.29, 1.82) is 0 Å². The van der Waals surface area contributed by atoms with E-state index in [2.05, 4.69) is 10.6 Å². The fourth-order valence-electron chi connectivity index (χ4n) is 0.979. The number of ketones is 1. The molecule has 2 N–H and O–H groups in total. The molecule has 0 unspecified atom stereocenters. The van der Waals surface area contributed by atoms with E-state index < -0.39 is 0 Å². The lowest BCUT2D eigenvalue weighted by atomic mass is 10.2. The second-order valence-electron chi connectivity index (χ2n) is 3.26. The molecule has 0 saturated carbocycles. The summed E-state index contributed by atoms with van der Waals surface area (Å²) in [5.41, 5.74) is 0. The van der Waals surface area contributed by atoms with Gasteiger partial charge >= 0.3 is 0 Å². The van der Waals surface area contributed by atoms with Crippen LogP contribution < -0.4 is 10.6 Å². The molecule has 0 heterocycles. The Bertz CT molecular complexity index is 239. The Labute approximate surface area is 89.6 Å². The highest BCUT2D eigenvalue weighted by Crippen LogP contribution is 1.90. The van der Waals surface area contributed by atoms with Crippen LogP contribution >= 0.6 is 0 Å². The summed E-state index contributed by atoms with van der Waals surface area (Å²) in [6.45, 7) is 4.20. The minimum Gasteiger partial charge on any atom is -0.356 e. The van der Waals surface area contributed by atoms with E-state index in [9.17, 15) is 14.4 Å². The van der Waals surface area contributed by atoms with Crippen molar-refractivity contribution in [2.75, 3.05) is 13.1 Å². The zero-order chi connectivity index (χ0) is 11.7. The van der Waals surface area contributed by atoms with Gasteiger partial charge in [0.25, 0.3) is 0 Å². The highest BCUT2D eigenvalue weighted by molar-refractivity contribution is 5.84. The van der Waals surface area contributed by atoms with Gasteiger partial charge in [0.2, 0.25) is 11.8 Å². The summed E-state index contributed by atoms with van der Waals surface area (Å²) in [6, 6.07) is 0. The molecule has 0 aliphatic carbocycles. The summed E-state index contributed by atoms with van der Waals surface area (Å²) in [4.78, 5) is 32.6. The van der Waals surface area contributed by atoms with Gasteiger partial charge in [-0.15, -0.1) is 0 Å². The topological polar surface area (TPSA) is 75.3 Å². The number of rotatable bonds is 7. The Morgan fingerprint density at radius 1 is 0.933 bits per heavy atom. The average Bonchev–Trinajstić information content (AvgIpc) is 2.15. The molecule has 0 saturated heterocycles. The van der Waals surface area contributed by atoms with Crippen LogP contribution in [0.5, 0.6) is 0 Å². The van der Waals surface area contributed by atoms with Gasteiger partial charge in [0.1, 0.15) is 5.78 Å². The quantitative estimate of drug-likeness (QED) is 0.626. The summed E-state index contributed by atoms with van der Waals surface area (Å²) < 4.78 is 0. The largest absolute Gasteiger partial charge is 0.356 e. The van der Waals surface area contributed by atoms with Gasteiger partial charge in [0.15, 0.2) is 0 Å². The summed E-state index contributed by atoms with van der Waals surface area (Å²) in [5, 5.41) is 5.20. The molecular formula is C10H18N2O3. The molecule has 2 amide bonds. The number of carbonyl (C=O) groups excluding carboxylic acids is 3. The van der Waals surface area contributed by atoms with Crippen molar-refractivity contribution < 1.29 is 14.4 Å². The van der Waals surface area contributed by atoms with E-state index in [1.807, 2.05) is 6.92 Å². The van der Waals surface area contributed by atoms with Crippen LogP contribution in [0.15, 0.2) is 0 Å². The van der Waals surface area contributed by atoms with Crippen LogP contribution in [-0.2, 0) is 14.4 Å². The van der Waals surface area contributed by atoms with Crippen LogP contribution in [0.2, 0.25) is 0 Å². The standard InChI is InChI=1S/C10H18N2O3/c1-3-11-10(15)6-7-12-9(14)5-4-8(2)13/h3-7H2,1-2H3,(H,11,15)(H,12,14). The van der Waals surface area contributed by atoms with Gasteiger partial charge in [-0.05, 0) is 13.8 Å². The smallest absolute Gasteiger partial charge is 0.221 e. The molecule has 15 heavy (non-hydrogen) atoms. The average molecular weight is 214 g/mol. The zero-order valence-electron chi connectivity index (χ0n) is 9.26. The van der Waals surface area contributed by atoms with Crippen molar-refractivity contribution in [3.63, 3.8) is 0 Å². The maximum absolute atomic E-state index is 11.1. The van der Waals surface area contributed by atoms with Crippen LogP contribution in [0, 0.1) is 0 Å². The molecule has 0 atom stereocenters. The Kier molecular flexibility index (Phi) is 7.23. The number of Topliss-reactive ketones (excluding diaryl/α,β-unsaturated/α-hetero) is 1. The van der Waals surface area contributed by atoms with Crippen LogP contribution in [0.3, 0.4) is 0 Å². The van der Waals surface area contributed by atoms with Crippen molar-refractivity contribution in [2.45, 2.75) is 33.1 Å². The Hall–Kier alpha value is -1.39. The third-order valence-electron chi connectivity index (χ3n) is 1.75. The maximum Gasteiger partial charge on any atom is 0.221 e. The van der Waals surface area contributed by atoms with Crippen molar-refractivity contribution in [3.8, 4) is 0 Å². The zero-order valence-corrected chi connectivity index (χ0v) is 9.26. The molecule has 86 valence electrons. The molecule has 0 aromatic heterocycles. The first kappa shape index (κ1) is 13.6. The minimum atomic E-state index is -0.186.